The van der Waals surface area contributed by atoms with E-state index in [0.717, 1.165) is 28.8 Å². The first kappa shape index (κ1) is 14.7. The van der Waals surface area contributed by atoms with Crippen LogP contribution in [0, 0.1) is 5.92 Å². The van der Waals surface area contributed by atoms with Crippen LogP contribution in [0.4, 0.5) is 0 Å². The van der Waals surface area contributed by atoms with E-state index in [9.17, 15) is 0 Å². The van der Waals surface area contributed by atoms with Crippen LogP contribution in [0.1, 0.15) is 51.0 Å². The highest BCUT2D eigenvalue weighted by molar-refractivity contribution is 8.00. The van der Waals surface area contributed by atoms with Gasteiger partial charge in [0, 0.05) is 27.8 Å². The van der Waals surface area contributed by atoms with Gasteiger partial charge >= 0.3 is 0 Å². The number of thioether (sulfide) groups is 1. The minimum absolute atomic E-state index is 0.740. The van der Waals surface area contributed by atoms with Crippen LogP contribution in [0.25, 0.3) is 0 Å². The fourth-order valence-corrected chi connectivity index (χ4v) is 4.70. The Morgan fingerprint density at radius 1 is 1.25 bits per heavy atom. The van der Waals surface area contributed by atoms with Crippen molar-refractivity contribution >= 4 is 23.4 Å². The standard InChI is InChI=1S/C17H24ClNS/c1-12-3-2-4-15(9-12)20-16-8-5-13(17(18)10-16)11-19-14-6-7-14/h5,8,10,12,14-15,19H,2-4,6-7,9,11H2,1H3. The maximum absolute atomic E-state index is 6.43. The summed E-state index contributed by atoms with van der Waals surface area (Å²) in [4.78, 5) is 1.34. The first-order valence-electron chi connectivity index (χ1n) is 7.89. The molecular formula is C17H24ClNS. The summed E-state index contributed by atoms with van der Waals surface area (Å²) in [6.07, 6.45) is 8.15. The molecular weight excluding hydrogens is 286 g/mol. The smallest absolute Gasteiger partial charge is 0.0462 e. The molecule has 1 aromatic carbocycles. The molecule has 0 bridgehead atoms. The number of hydrogen-bond acceptors (Lipinski definition) is 2. The second kappa shape index (κ2) is 6.72. The summed E-state index contributed by atoms with van der Waals surface area (Å²) in [6, 6.07) is 7.35. The van der Waals surface area contributed by atoms with E-state index in [0.29, 0.717) is 0 Å². The quantitative estimate of drug-likeness (QED) is 0.796. The second-order valence-electron chi connectivity index (χ2n) is 6.42. The molecule has 0 amide bonds. The molecule has 2 aliphatic carbocycles. The van der Waals surface area contributed by atoms with Gasteiger partial charge in [0.05, 0.1) is 0 Å². The van der Waals surface area contributed by atoms with Gasteiger partial charge in [0.25, 0.3) is 0 Å². The van der Waals surface area contributed by atoms with Crippen LogP contribution in [0.15, 0.2) is 23.1 Å². The normalized spacial score (nSPS) is 26.7. The Hall–Kier alpha value is -0.180. The van der Waals surface area contributed by atoms with Crippen LogP contribution in [-0.2, 0) is 6.54 Å². The van der Waals surface area contributed by atoms with Crippen molar-refractivity contribution in [2.45, 2.75) is 68.2 Å². The summed E-state index contributed by atoms with van der Waals surface area (Å²) in [5.41, 5.74) is 1.24. The lowest BCUT2D eigenvalue weighted by molar-refractivity contribution is 0.394. The molecule has 2 aliphatic rings. The largest absolute Gasteiger partial charge is 0.310 e. The van der Waals surface area contributed by atoms with Gasteiger partial charge in [-0.25, -0.2) is 0 Å². The average molecular weight is 310 g/mol. The Morgan fingerprint density at radius 3 is 2.80 bits per heavy atom. The lowest BCUT2D eigenvalue weighted by Gasteiger charge is -2.26. The van der Waals surface area contributed by atoms with Crippen LogP contribution >= 0.6 is 23.4 Å². The van der Waals surface area contributed by atoms with Crippen LogP contribution in [0.2, 0.25) is 5.02 Å². The van der Waals surface area contributed by atoms with Gasteiger partial charge in [-0.2, -0.15) is 0 Å². The Morgan fingerprint density at radius 2 is 2.10 bits per heavy atom. The topological polar surface area (TPSA) is 12.0 Å². The van der Waals surface area contributed by atoms with Crippen molar-refractivity contribution in [1.29, 1.82) is 0 Å². The molecule has 1 aromatic rings. The van der Waals surface area contributed by atoms with Crippen LogP contribution in [0.5, 0.6) is 0 Å². The molecule has 0 aromatic heterocycles. The van der Waals surface area contributed by atoms with Crippen molar-refractivity contribution in [3.63, 3.8) is 0 Å². The van der Waals surface area contributed by atoms with Crippen molar-refractivity contribution in [2.75, 3.05) is 0 Å². The van der Waals surface area contributed by atoms with Crippen molar-refractivity contribution < 1.29 is 0 Å². The Balaban J connectivity index is 1.57. The predicted molar refractivity (Wildman–Crippen MR) is 88.6 cm³/mol. The Bertz CT molecular complexity index is 458. The molecule has 1 nitrogen and oxygen atoms in total. The molecule has 0 saturated heterocycles. The highest BCUT2D eigenvalue weighted by Crippen LogP contribution is 2.37. The monoisotopic (exact) mass is 309 g/mol. The summed E-state index contributed by atoms with van der Waals surface area (Å²) in [7, 11) is 0. The highest BCUT2D eigenvalue weighted by Gasteiger charge is 2.21. The van der Waals surface area contributed by atoms with Crippen molar-refractivity contribution in [2.24, 2.45) is 5.92 Å². The molecule has 110 valence electrons. The first-order valence-corrected chi connectivity index (χ1v) is 9.15. The zero-order chi connectivity index (χ0) is 13.9. The van der Waals surface area contributed by atoms with Gasteiger partial charge in [0.15, 0.2) is 0 Å². The van der Waals surface area contributed by atoms with E-state index >= 15 is 0 Å². The molecule has 1 N–H and O–H groups in total. The SMILES string of the molecule is CC1CCCC(Sc2ccc(CNC3CC3)c(Cl)c2)C1. The average Bonchev–Trinajstić information content (AvgIpc) is 3.22. The number of benzene rings is 1. The van der Waals surface area contributed by atoms with Crippen molar-refractivity contribution in [3.8, 4) is 0 Å². The molecule has 2 saturated carbocycles. The van der Waals surface area contributed by atoms with Crippen molar-refractivity contribution in [3.05, 3.63) is 28.8 Å². The van der Waals surface area contributed by atoms with Gasteiger partial charge in [0.2, 0.25) is 0 Å². The van der Waals surface area contributed by atoms with Gasteiger partial charge in [-0.3, -0.25) is 0 Å². The molecule has 0 aliphatic heterocycles. The second-order valence-corrected chi connectivity index (χ2v) is 8.20. The summed E-state index contributed by atoms with van der Waals surface area (Å²) in [5, 5.41) is 5.23. The molecule has 0 spiro atoms. The summed E-state index contributed by atoms with van der Waals surface area (Å²) >= 11 is 8.45. The summed E-state index contributed by atoms with van der Waals surface area (Å²) in [5.74, 6) is 0.888. The molecule has 2 unspecified atom stereocenters. The van der Waals surface area contributed by atoms with E-state index in [2.05, 4.69) is 30.4 Å². The van der Waals surface area contributed by atoms with Crippen LogP contribution in [-0.4, -0.2) is 11.3 Å². The zero-order valence-corrected chi connectivity index (χ0v) is 13.8. The van der Waals surface area contributed by atoms with Gasteiger partial charge < -0.3 is 5.32 Å². The molecule has 20 heavy (non-hydrogen) atoms. The van der Waals surface area contributed by atoms with E-state index in [1.54, 1.807) is 0 Å². The molecule has 0 heterocycles. The van der Waals surface area contributed by atoms with Crippen molar-refractivity contribution in [1.82, 2.24) is 5.32 Å². The molecule has 3 heteroatoms. The third-order valence-corrected chi connectivity index (χ3v) is 6.01. The van der Waals surface area contributed by atoms with Crippen LogP contribution < -0.4 is 5.32 Å². The summed E-state index contributed by atoms with van der Waals surface area (Å²) in [6.45, 7) is 3.29. The third-order valence-electron chi connectivity index (χ3n) is 4.37. The lowest BCUT2D eigenvalue weighted by Crippen LogP contribution is -2.16. The van der Waals surface area contributed by atoms with E-state index in [4.69, 9.17) is 11.6 Å². The molecule has 3 rings (SSSR count). The number of rotatable bonds is 5. The van der Waals surface area contributed by atoms with Gasteiger partial charge in [-0.1, -0.05) is 37.4 Å². The minimum atomic E-state index is 0.740. The third kappa shape index (κ3) is 4.16. The lowest BCUT2D eigenvalue weighted by atomic mass is 9.91. The number of nitrogens with one attached hydrogen (secondary N) is 1. The Kier molecular flexibility index (Phi) is 4.95. The zero-order valence-electron chi connectivity index (χ0n) is 12.2. The van der Waals surface area contributed by atoms with Gasteiger partial charge in [-0.05, 0) is 49.3 Å². The molecule has 2 atom stereocenters. The van der Waals surface area contributed by atoms with Gasteiger partial charge in [-0.15, -0.1) is 11.8 Å². The summed E-state index contributed by atoms with van der Waals surface area (Å²) < 4.78 is 0. The molecule has 0 radical (unpaired) electrons. The fourth-order valence-electron chi connectivity index (χ4n) is 2.96. The van der Waals surface area contributed by atoms with E-state index in [-0.39, 0.29) is 0 Å². The van der Waals surface area contributed by atoms with E-state index in [1.165, 1.54) is 49.0 Å². The first-order chi connectivity index (χ1) is 9.70. The minimum Gasteiger partial charge on any atom is -0.310 e. The maximum atomic E-state index is 6.43. The Labute approximate surface area is 131 Å². The maximum Gasteiger partial charge on any atom is 0.0462 e. The fraction of sp³-hybridized carbons (Fsp3) is 0.647. The van der Waals surface area contributed by atoms with E-state index in [1.807, 2.05) is 11.8 Å². The number of hydrogen-bond donors (Lipinski definition) is 1. The van der Waals surface area contributed by atoms with Crippen LogP contribution in [0.3, 0.4) is 0 Å². The van der Waals surface area contributed by atoms with E-state index < -0.39 is 0 Å². The number of halogens is 1. The molecule has 2 fully saturated rings. The van der Waals surface area contributed by atoms with Gasteiger partial charge in [0.1, 0.15) is 0 Å². The highest BCUT2D eigenvalue weighted by atomic mass is 35.5. The predicted octanol–water partition coefficient (Wildman–Crippen LogP) is 5.26.